The summed E-state index contributed by atoms with van der Waals surface area (Å²) < 4.78 is 10.4. The third-order valence-electron chi connectivity index (χ3n) is 2.49. The van der Waals surface area contributed by atoms with Gasteiger partial charge in [-0.2, -0.15) is 0 Å². The molecule has 1 aliphatic heterocycles. The number of ether oxygens (including phenoxy) is 2. The van der Waals surface area contributed by atoms with Crippen LogP contribution in [0.1, 0.15) is 13.3 Å². The molecule has 1 heterocycles. The van der Waals surface area contributed by atoms with Gasteiger partial charge in [0.1, 0.15) is 6.61 Å². The summed E-state index contributed by atoms with van der Waals surface area (Å²) in [6.45, 7) is 7.35. The van der Waals surface area contributed by atoms with E-state index in [4.69, 9.17) is 9.47 Å². The molecule has 1 aliphatic rings. The number of nitrogens with zero attached hydrogens (tertiary/aromatic N) is 1. The highest BCUT2D eigenvalue weighted by Crippen LogP contribution is 1.96. The van der Waals surface area contributed by atoms with Crippen molar-refractivity contribution in [2.45, 2.75) is 13.3 Å². The van der Waals surface area contributed by atoms with Gasteiger partial charge in [-0.3, -0.25) is 4.79 Å². The van der Waals surface area contributed by atoms with Crippen molar-refractivity contribution < 1.29 is 14.3 Å². The highest BCUT2D eigenvalue weighted by atomic mass is 16.5. The fraction of sp³-hybridized carbons (Fsp3) is 0.909. The van der Waals surface area contributed by atoms with E-state index in [1.807, 2.05) is 11.8 Å². The van der Waals surface area contributed by atoms with Crippen LogP contribution in [0.5, 0.6) is 0 Å². The number of carbonyl (C=O) groups excluding carboxylic acids is 1. The lowest BCUT2D eigenvalue weighted by Crippen LogP contribution is -2.36. The van der Waals surface area contributed by atoms with Gasteiger partial charge in [-0.15, -0.1) is 0 Å². The van der Waals surface area contributed by atoms with Crippen LogP contribution in [0.15, 0.2) is 0 Å². The highest BCUT2D eigenvalue weighted by Gasteiger charge is 2.14. The van der Waals surface area contributed by atoms with Gasteiger partial charge >= 0.3 is 0 Å². The maximum absolute atomic E-state index is 11.7. The van der Waals surface area contributed by atoms with Crippen LogP contribution in [0.2, 0.25) is 0 Å². The van der Waals surface area contributed by atoms with Crippen molar-refractivity contribution in [1.82, 2.24) is 10.2 Å². The predicted octanol–water partition coefficient (Wildman–Crippen LogP) is -0.139. The van der Waals surface area contributed by atoms with Gasteiger partial charge in [0.25, 0.3) is 0 Å². The van der Waals surface area contributed by atoms with Crippen molar-refractivity contribution in [3.05, 3.63) is 0 Å². The molecule has 0 aliphatic carbocycles. The zero-order valence-electron chi connectivity index (χ0n) is 10.0. The van der Waals surface area contributed by atoms with E-state index >= 15 is 0 Å². The van der Waals surface area contributed by atoms with E-state index in [2.05, 4.69) is 5.32 Å². The number of hydrogen-bond donors (Lipinski definition) is 1. The standard InChI is InChI=1S/C11H22N2O3/c1-2-15-8-9-16-10-11(14)13-6-3-4-12-5-7-13/h12H,2-10H2,1H3. The normalized spacial score (nSPS) is 17.2. The molecule has 0 atom stereocenters. The van der Waals surface area contributed by atoms with Crippen LogP contribution in [0.3, 0.4) is 0 Å². The van der Waals surface area contributed by atoms with E-state index in [-0.39, 0.29) is 12.5 Å². The molecule has 0 unspecified atom stereocenters. The maximum Gasteiger partial charge on any atom is 0.248 e. The minimum absolute atomic E-state index is 0.0835. The Bertz CT molecular complexity index is 192. The molecule has 1 fully saturated rings. The van der Waals surface area contributed by atoms with E-state index < -0.39 is 0 Å². The molecule has 0 radical (unpaired) electrons. The first-order valence-electron chi connectivity index (χ1n) is 5.98. The summed E-state index contributed by atoms with van der Waals surface area (Å²) >= 11 is 0. The number of hydrogen-bond acceptors (Lipinski definition) is 4. The van der Waals surface area contributed by atoms with Gasteiger partial charge < -0.3 is 19.7 Å². The minimum Gasteiger partial charge on any atom is -0.379 e. The summed E-state index contributed by atoms with van der Waals surface area (Å²) in [5, 5.41) is 3.26. The Hall–Kier alpha value is -0.650. The second kappa shape index (κ2) is 8.50. The molecule has 1 N–H and O–H groups in total. The summed E-state index contributed by atoms with van der Waals surface area (Å²) in [5.74, 6) is 0.0835. The van der Waals surface area contributed by atoms with E-state index in [0.717, 1.165) is 32.6 Å². The summed E-state index contributed by atoms with van der Waals surface area (Å²) in [6.07, 6.45) is 1.02. The molecule has 1 rings (SSSR count). The van der Waals surface area contributed by atoms with Gasteiger partial charge in [0.15, 0.2) is 0 Å². The van der Waals surface area contributed by atoms with E-state index in [1.165, 1.54) is 0 Å². The molecule has 5 nitrogen and oxygen atoms in total. The Morgan fingerprint density at radius 1 is 1.25 bits per heavy atom. The van der Waals surface area contributed by atoms with Gasteiger partial charge in [0.2, 0.25) is 5.91 Å². The molecular weight excluding hydrogens is 208 g/mol. The molecule has 16 heavy (non-hydrogen) atoms. The maximum atomic E-state index is 11.7. The molecule has 94 valence electrons. The van der Waals surface area contributed by atoms with Crippen LogP contribution in [-0.2, 0) is 14.3 Å². The van der Waals surface area contributed by atoms with E-state index in [9.17, 15) is 4.79 Å². The average molecular weight is 230 g/mol. The Morgan fingerprint density at radius 2 is 2.06 bits per heavy atom. The smallest absolute Gasteiger partial charge is 0.248 e. The Kier molecular flexibility index (Phi) is 7.12. The molecular formula is C11H22N2O3. The van der Waals surface area contributed by atoms with Crippen LogP contribution in [-0.4, -0.2) is 63.4 Å². The fourth-order valence-electron chi connectivity index (χ4n) is 1.61. The van der Waals surface area contributed by atoms with Crippen LogP contribution in [0.25, 0.3) is 0 Å². The van der Waals surface area contributed by atoms with Crippen LogP contribution in [0, 0.1) is 0 Å². The Balaban J connectivity index is 2.08. The molecule has 0 aromatic carbocycles. The first-order valence-corrected chi connectivity index (χ1v) is 5.98. The van der Waals surface area contributed by atoms with Crippen LogP contribution < -0.4 is 5.32 Å². The van der Waals surface area contributed by atoms with Gasteiger partial charge in [-0.05, 0) is 19.9 Å². The van der Waals surface area contributed by atoms with Gasteiger partial charge in [0.05, 0.1) is 13.2 Å². The summed E-state index contributed by atoms with van der Waals surface area (Å²) in [4.78, 5) is 13.6. The molecule has 1 amide bonds. The summed E-state index contributed by atoms with van der Waals surface area (Å²) in [5.41, 5.74) is 0. The second-order valence-electron chi connectivity index (χ2n) is 3.73. The molecule has 1 saturated heterocycles. The lowest BCUT2D eigenvalue weighted by Gasteiger charge is -2.19. The van der Waals surface area contributed by atoms with Crippen molar-refractivity contribution in [3.63, 3.8) is 0 Å². The Labute approximate surface area is 97.1 Å². The molecule has 0 spiro atoms. The quantitative estimate of drug-likeness (QED) is 0.645. The summed E-state index contributed by atoms with van der Waals surface area (Å²) in [7, 11) is 0. The van der Waals surface area contributed by atoms with Crippen LogP contribution >= 0.6 is 0 Å². The zero-order chi connectivity index (χ0) is 11.6. The molecule has 0 saturated carbocycles. The van der Waals surface area contributed by atoms with Crippen molar-refractivity contribution in [2.24, 2.45) is 0 Å². The van der Waals surface area contributed by atoms with Crippen LogP contribution in [0.4, 0.5) is 0 Å². The first-order chi connectivity index (χ1) is 7.84. The third-order valence-corrected chi connectivity index (χ3v) is 2.49. The van der Waals surface area contributed by atoms with E-state index in [1.54, 1.807) is 0 Å². The Morgan fingerprint density at radius 3 is 2.88 bits per heavy atom. The second-order valence-corrected chi connectivity index (χ2v) is 3.73. The SMILES string of the molecule is CCOCCOCC(=O)N1CCCNCC1. The lowest BCUT2D eigenvalue weighted by molar-refractivity contribution is -0.136. The molecule has 0 aromatic rings. The van der Waals surface area contributed by atoms with Crippen molar-refractivity contribution in [2.75, 3.05) is 52.6 Å². The fourth-order valence-corrected chi connectivity index (χ4v) is 1.61. The topological polar surface area (TPSA) is 50.8 Å². The third kappa shape index (κ3) is 5.44. The summed E-state index contributed by atoms with van der Waals surface area (Å²) in [6, 6.07) is 0. The van der Waals surface area contributed by atoms with Crippen molar-refractivity contribution >= 4 is 5.91 Å². The number of nitrogens with one attached hydrogen (secondary N) is 1. The molecule has 0 aromatic heterocycles. The van der Waals surface area contributed by atoms with E-state index in [0.29, 0.717) is 19.8 Å². The first kappa shape index (κ1) is 13.4. The largest absolute Gasteiger partial charge is 0.379 e. The lowest BCUT2D eigenvalue weighted by atomic mass is 10.4. The number of rotatable bonds is 6. The number of carbonyl (C=O) groups is 1. The van der Waals surface area contributed by atoms with Gasteiger partial charge in [0, 0.05) is 26.2 Å². The molecule has 5 heteroatoms. The zero-order valence-corrected chi connectivity index (χ0v) is 10.0. The van der Waals surface area contributed by atoms with Gasteiger partial charge in [-0.25, -0.2) is 0 Å². The predicted molar refractivity (Wildman–Crippen MR) is 61.4 cm³/mol. The van der Waals surface area contributed by atoms with Crippen molar-refractivity contribution in [1.29, 1.82) is 0 Å². The van der Waals surface area contributed by atoms with Crippen molar-refractivity contribution in [3.8, 4) is 0 Å². The number of amides is 1. The minimum atomic E-state index is 0.0835. The highest BCUT2D eigenvalue weighted by molar-refractivity contribution is 5.77. The van der Waals surface area contributed by atoms with Gasteiger partial charge in [-0.1, -0.05) is 0 Å². The molecule has 0 bridgehead atoms. The average Bonchev–Trinajstić information content (AvgIpc) is 2.57. The monoisotopic (exact) mass is 230 g/mol.